The molecule has 5 heteroatoms. The monoisotopic (exact) mass is 283 g/mol. The second-order valence-corrected chi connectivity index (χ2v) is 6.33. The van der Waals surface area contributed by atoms with E-state index in [-0.39, 0.29) is 10.6 Å². The standard InChI is InChI=1S/C16H17N3O2/c20-19(21)13-3-4-14-12(10-13)2-5-15(17-14)18-9-1-6-16(11-18)7-8-16/h2-5,10H,1,6-9,11H2. The van der Waals surface area contributed by atoms with Crippen LogP contribution >= 0.6 is 0 Å². The molecule has 0 N–H and O–H groups in total. The van der Waals surface area contributed by atoms with Gasteiger partial charge in [-0.3, -0.25) is 10.1 Å². The number of nitrogens with zero attached hydrogens (tertiary/aromatic N) is 3. The molecule has 1 spiro atoms. The highest BCUT2D eigenvalue weighted by Crippen LogP contribution is 2.52. The summed E-state index contributed by atoms with van der Waals surface area (Å²) in [6.07, 6.45) is 5.29. The molecule has 0 bridgehead atoms. The Hall–Kier alpha value is -2.17. The molecule has 0 amide bonds. The lowest BCUT2D eigenvalue weighted by molar-refractivity contribution is -0.384. The molecule has 0 radical (unpaired) electrons. The van der Waals surface area contributed by atoms with Crippen LogP contribution in [0.4, 0.5) is 11.5 Å². The van der Waals surface area contributed by atoms with Crippen molar-refractivity contribution < 1.29 is 4.92 Å². The number of anilines is 1. The smallest absolute Gasteiger partial charge is 0.270 e. The van der Waals surface area contributed by atoms with Crippen LogP contribution in [0.1, 0.15) is 25.7 Å². The van der Waals surface area contributed by atoms with E-state index < -0.39 is 0 Å². The molecule has 108 valence electrons. The van der Waals surface area contributed by atoms with Crippen molar-refractivity contribution >= 4 is 22.4 Å². The molecule has 1 aliphatic carbocycles. The Balaban J connectivity index is 1.67. The van der Waals surface area contributed by atoms with E-state index in [1.807, 2.05) is 12.1 Å². The molecular weight excluding hydrogens is 266 g/mol. The van der Waals surface area contributed by atoms with Crippen LogP contribution in [0.2, 0.25) is 0 Å². The zero-order valence-electron chi connectivity index (χ0n) is 11.8. The van der Waals surface area contributed by atoms with Gasteiger partial charge in [0.15, 0.2) is 0 Å². The van der Waals surface area contributed by atoms with Crippen molar-refractivity contribution in [2.24, 2.45) is 5.41 Å². The summed E-state index contributed by atoms with van der Waals surface area (Å²) in [6.45, 7) is 2.17. The van der Waals surface area contributed by atoms with Crippen molar-refractivity contribution in [3.63, 3.8) is 0 Å². The number of nitro groups is 1. The zero-order chi connectivity index (χ0) is 14.4. The number of aromatic nitrogens is 1. The van der Waals surface area contributed by atoms with Gasteiger partial charge in [-0.05, 0) is 49.3 Å². The Morgan fingerprint density at radius 3 is 2.81 bits per heavy atom. The fourth-order valence-corrected chi connectivity index (χ4v) is 3.38. The highest BCUT2D eigenvalue weighted by molar-refractivity contribution is 5.82. The van der Waals surface area contributed by atoms with Gasteiger partial charge in [0.25, 0.3) is 5.69 Å². The predicted octanol–water partition coefficient (Wildman–Crippen LogP) is 3.52. The van der Waals surface area contributed by atoms with E-state index in [1.165, 1.54) is 31.7 Å². The molecule has 1 aliphatic heterocycles. The Bertz CT molecular complexity index is 725. The molecule has 4 rings (SSSR count). The van der Waals surface area contributed by atoms with Crippen LogP contribution in [0, 0.1) is 15.5 Å². The van der Waals surface area contributed by atoms with E-state index in [1.54, 1.807) is 12.1 Å². The van der Waals surface area contributed by atoms with Gasteiger partial charge in [-0.25, -0.2) is 4.98 Å². The fourth-order valence-electron chi connectivity index (χ4n) is 3.38. The molecular formula is C16H17N3O2. The van der Waals surface area contributed by atoms with Crippen molar-refractivity contribution in [3.8, 4) is 0 Å². The molecule has 0 atom stereocenters. The van der Waals surface area contributed by atoms with Crippen LogP contribution in [0.25, 0.3) is 10.9 Å². The number of pyridine rings is 1. The predicted molar refractivity (Wildman–Crippen MR) is 81.5 cm³/mol. The molecule has 1 saturated carbocycles. The largest absolute Gasteiger partial charge is 0.356 e. The first kappa shape index (κ1) is 12.6. The summed E-state index contributed by atoms with van der Waals surface area (Å²) in [5.74, 6) is 1.00. The fraction of sp³-hybridized carbons (Fsp3) is 0.438. The topological polar surface area (TPSA) is 59.3 Å². The number of nitro benzene ring substituents is 1. The minimum atomic E-state index is -0.366. The average Bonchev–Trinajstić information content (AvgIpc) is 3.25. The minimum absolute atomic E-state index is 0.118. The maximum absolute atomic E-state index is 10.8. The van der Waals surface area contributed by atoms with Crippen LogP contribution in [0.3, 0.4) is 0 Å². The molecule has 2 aromatic rings. The van der Waals surface area contributed by atoms with E-state index >= 15 is 0 Å². The highest BCUT2D eigenvalue weighted by atomic mass is 16.6. The van der Waals surface area contributed by atoms with Gasteiger partial charge in [-0.1, -0.05) is 0 Å². The van der Waals surface area contributed by atoms with Gasteiger partial charge in [0.05, 0.1) is 10.4 Å². The van der Waals surface area contributed by atoms with Gasteiger partial charge in [0.2, 0.25) is 0 Å². The van der Waals surface area contributed by atoms with Gasteiger partial charge in [0.1, 0.15) is 5.82 Å². The number of non-ortho nitro benzene ring substituents is 1. The number of piperidine rings is 1. The van der Waals surface area contributed by atoms with Gasteiger partial charge in [-0.2, -0.15) is 0 Å². The lowest BCUT2D eigenvalue weighted by atomic mass is 9.95. The summed E-state index contributed by atoms with van der Waals surface area (Å²) < 4.78 is 0. The maximum Gasteiger partial charge on any atom is 0.270 e. The zero-order valence-corrected chi connectivity index (χ0v) is 11.8. The molecule has 1 aromatic heterocycles. The first-order chi connectivity index (χ1) is 10.2. The summed E-state index contributed by atoms with van der Waals surface area (Å²) in [4.78, 5) is 17.5. The molecule has 21 heavy (non-hydrogen) atoms. The van der Waals surface area contributed by atoms with E-state index in [2.05, 4.69) is 4.90 Å². The molecule has 1 aromatic carbocycles. The van der Waals surface area contributed by atoms with E-state index in [0.29, 0.717) is 5.41 Å². The number of fused-ring (bicyclic) bond motifs is 1. The number of hydrogen-bond acceptors (Lipinski definition) is 4. The molecule has 2 fully saturated rings. The maximum atomic E-state index is 10.8. The van der Waals surface area contributed by atoms with Crippen LogP contribution in [-0.4, -0.2) is 23.0 Å². The summed E-state index contributed by atoms with van der Waals surface area (Å²) >= 11 is 0. The van der Waals surface area contributed by atoms with Crippen molar-refractivity contribution in [2.45, 2.75) is 25.7 Å². The lowest BCUT2D eigenvalue weighted by Crippen LogP contribution is -2.36. The average molecular weight is 283 g/mol. The van der Waals surface area contributed by atoms with Crippen molar-refractivity contribution in [1.82, 2.24) is 4.98 Å². The van der Waals surface area contributed by atoms with E-state index in [9.17, 15) is 10.1 Å². The van der Waals surface area contributed by atoms with Crippen molar-refractivity contribution in [2.75, 3.05) is 18.0 Å². The third-order valence-corrected chi connectivity index (χ3v) is 4.81. The van der Waals surface area contributed by atoms with Crippen LogP contribution < -0.4 is 4.90 Å². The minimum Gasteiger partial charge on any atom is -0.356 e. The highest BCUT2D eigenvalue weighted by Gasteiger charge is 2.45. The van der Waals surface area contributed by atoms with Crippen LogP contribution in [0.5, 0.6) is 0 Å². The Morgan fingerprint density at radius 1 is 1.19 bits per heavy atom. The number of rotatable bonds is 2. The number of benzene rings is 1. The molecule has 2 heterocycles. The van der Waals surface area contributed by atoms with Gasteiger partial charge >= 0.3 is 0 Å². The van der Waals surface area contributed by atoms with Crippen LogP contribution in [0.15, 0.2) is 30.3 Å². The number of hydrogen-bond donors (Lipinski definition) is 0. The first-order valence-corrected chi connectivity index (χ1v) is 7.45. The molecule has 5 nitrogen and oxygen atoms in total. The molecule has 0 unspecified atom stereocenters. The van der Waals surface area contributed by atoms with Crippen molar-refractivity contribution in [1.29, 1.82) is 0 Å². The third kappa shape index (κ3) is 2.22. The van der Waals surface area contributed by atoms with Crippen molar-refractivity contribution in [3.05, 3.63) is 40.4 Å². The Morgan fingerprint density at radius 2 is 2.05 bits per heavy atom. The van der Waals surface area contributed by atoms with Gasteiger partial charge in [0, 0.05) is 30.6 Å². The Kier molecular flexibility index (Phi) is 2.64. The molecule has 1 saturated heterocycles. The Labute approximate surface area is 122 Å². The lowest BCUT2D eigenvalue weighted by Gasteiger charge is -2.33. The molecule has 2 aliphatic rings. The van der Waals surface area contributed by atoms with Gasteiger partial charge < -0.3 is 4.90 Å². The summed E-state index contributed by atoms with van der Waals surface area (Å²) in [5.41, 5.74) is 1.50. The van der Waals surface area contributed by atoms with E-state index in [0.717, 1.165) is 29.8 Å². The summed E-state index contributed by atoms with van der Waals surface area (Å²) in [5, 5.41) is 11.6. The van der Waals surface area contributed by atoms with Gasteiger partial charge in [-0.15, -0.1) is 0 Å². The SMILES string of the molecule is O=[N+]([O-])c1ccc2nc(N3CCCC4(CC4)C3)ccc2c1. The normalized spacial score (nSPS) is 19.9. The van der Waals surface area contributed by atoms with E-state index in [4.69, 9.17) is 4.98 Å². The van der Waals surface area contributed by atoms with Crippen LogP contribution in [-0.2, 0) is 0 Å². The first-order valence-electron chi connectivity index (χ1n) is 7.45. The summed E-state index contributed by atoms with van der Waals surface area (Å²) in [7, 11) is 0. The second kappa shape index (κ2) is 4.41. The third-order valence-electron chi connectivity index (χ3n) is 4.81. The second-order valence-electron chi connectivity index (χ2n) is 6.33. The summed E-state index contributed by atoms with van der Waals surface area (Å²) in [6, 6.07) is 8.79. The quantitative estimate of drug-likeness (QED) is 0.625.